The van der Waals surface area contributed by atoms with E-state index in [1.807, 2.05) is 0 Å². The van der Waals surface area contributed by atoms with Gasteiger partial charge in [0.05, 0.1) is 0 Å². The first kappa shape index (κ1) is 12.9. The molecule has 4 nitrogen and oxygen atoms in total. The van der Waals surface area contributed by atoms with E-state index in [-0.39, 0.29) is 6.29 Å². The fourth-order valence-electron chi connectivity index (χ4n) is 2.19. The van der Waals surface area contributed by atoms with Gasteiger partial charge >= 0.3 is 0 Å². The molecular weight excluding hydrogens is 192 g/mol. The molecule has 0 aliphatic carbocycles. The minimum Gasteiger partial charge on any atom is -0.356 e. The lowest BCUT2D eigenvalue weighted by Crippen LogP contribution is -2.45. The molecule has 1 fully saturated rings. The average molecular weight is 216 g/mol. The van der Waals surface area contributed by atoms with E-state index in [2.05, 4.69) is 4.90 Å². The number of hydrogen-bond donors (Lipinski definition) is 1. The first-order valence-corrected chi connectivity index (χ1v) is 5.81. The van der Waals surface area contributed by atoms with E-state index in [1.54, 1.807) is 14.2 Å². The Morgan fingerprint density at radius 3 is 2.20 bits per heavy atom. The van der Waals surface area contributed by atoms with Crippen molar-refractivity contribution in [3.8, 4) is 0 Å². The van der Waals surface area contributed by atoms with Gasteiger partial charge in [0, 0.05) is 33.2 Å². The highest BCUT2D eigenvalue weighted by Crippen LogP contribution is 2.15. The molecule has 0 saturated carbocycles. The van der Waals surface area contributed by atoms with Crippen molar-refractivity contribution in [3.63, 3.8) is 0 Å². The van der Waals surface area contributed by atoms with Crippen molar-refractivity contribution in [3.05, 3.63) is 0 Å². The number of rotatable bonds is 6. The number of ether oxygens (including phenoxy) is 2. The van der Waals surface area contributed by atoms with Crippen molar-refractivity contribution in [1.82, 2.24) is 4.90 Å². The zero-order valence-corrected chi connectivity index (χ0v) is 9.95. The van der Waals surface area contributed by atoms with Gasteiger partial charge in [-0.15, -0.1) is 0 Å². The number of nitrogens with zero attached hydrogens (tertiary/aromatic N) is 1. The van der Waals surface area contributed by atoms with Crippen molar-refractivity contribution in [2.75, 3.05) is 33.9 Å². The van der Waals surface area contributed by atoms with Crippen LogP contribution in [0, 0.1) is 0 Å². The normalized spacial score (nSPS) is 20.8. The van der Waals surface area contributed by atoms with Gasteiger partial charge in [-0.2, -0.15) is 0 Å². The van der Waals surface area contributed by atoms with Crippen LogP contribution < -0.4 is 5.73 Å². The Hall–Kier alpha value is -0.160. The lowest BCUT2D eigenvalue weighted by Gasteiger charge is -2.35. The second kappa shape index (κ2) is 7.17. The minimum atomic E-state index is -0.125. The van der Waals surface area contributed by atoms with E-state index >= 15 is 0 Å². The molecule has 4 heteroatoms. The molecule has 1 saturated heterocycles. The molecule has 0 amide bonds. The van der Waals surface area contributed by atoms with Crippen LogP contribution >= 0.6 is 0 Å². The van der Waals surface area contributed by atoms with E-state index in [9.17, 15) is 0 Å². The highest BCUT2D eigenvalue weighted by Gasteiger charge is 2.22. The topological polar surface area (TPSA) is 47.7 Å². The standard InChI is InChI=1S/C11H24N2O2/c1-14-11(15-2)8-10(9-12)13-6-4-3-5-7-13/h10-11H,3-9,12H2,1-2H3. The number of methoxy groups -OCH3 is 2. The van der Waals surface area contributed by atoms with Crippen molar-refractivity contribution in [2.24, 2.45) is 5.73 Å². The van der Waals surface area contributed by atoms with Gasteiger partial charge in [-0.1, -0.05) is 6.42 Å². The molecule has 1 heterocycles. The molecule has 1 aliphatic rings. The van der Waals surface area contributed by atoms with Gasteiger partial charge in [0.15, 0.2) is 6.29 Å². The van der Waals surface area contributed by atoms with Crippen LogP contribution in [-0.4, -0.2) is 51.1 Å². The molecule has 0 aromatic carbocycles. The van der Waals surface area contributed by atoms with Crippen LogP contribution in [0.2, 0.25) is 0 Å². The van der Waals surface area contributed by atoms with Crippen LogP contribution in [0.3, 0.4) is 0 Å². The molecule has 1 atom stereocenters. The van der Waals surface area contributed by atoms with Crippen molar-refractivity contribution in [1.29, 1.82) is 0 Å². The third-order valence-electron chi connectivity index (χ3n) is 3.17. The van der Waals surface area contributed by atoms with Gasteiger partial charge in [-0.3, -0.25) is 4.90 Å². The first-order valence-electron chi connectivity index (χ1n) is 5.81. The van der Waals surface area contributed by atoms with Crippen molar-refractivity contribution >= 4 is 0 Å². The fourth-order valence-corrected chi connectivity index (χ4v) is 2.19. The number of likely N-dealkylation sites (tertiary alicyclic amines) is 1. The molecule has 1 unspecified atom stereocenters. The molecule has 90 valence electrons. The highest BCUT2D eigenvalue weighted by molar-refractivity contribution is 4.76. The predicted octanol–water partition coefficient (Wildman–Crippen LogP) is 0.809. The Morgan fingerprint density at radius 1 is 1.13 bits per heavy atom. The lowest BCUT2D eigenvalue weighted by atomic mass is 10.1. The minimum absolute atomic E-state index is 0.125. The Labute approximate surface area is 92.7 Å². The molecule has 2 N–H and O–H groups in total. The monoisotopic (exact) mass is 216 g/mol. The summed E-state index contributed by atoms with van der Waals surface area (Å²) in [7, 11) is 3.36. The van der Waals surface area contributed by atoms with Gasteiger partial charge in [0.25, 0.3) is 0 Å². The maximum atomic E-state index is 5.81. The number of piperidine rings is 1. The number of hydrogen-bond acceptors (Lipinski definition) is 4. The summed E-state index contributed by atoms with van der Waals surface area (Å²) in [5.41, 5.74) is 5.81. The van der Waals surface area contributed by atoms with Crippen LogP contribution in [0.5, 0.6) is 0 Å². The molecule has 0 aromatic rings. The zero-order valence-electron chi connectivity index (χ0n) is 9.95. The summed E-state index contributed by atoms with van der Waals surface area (Å²) in [6.45, 7) is 3.02. The average Bonchev–Trinajstić information content (AvgIpc) is 2.32. The maximum Gasteiger partial charge on any atom is 0.158 e. The molecule has 1 rings (SSSR count). The Balaban J connectivity index is 2.38. The number of nitrogens with two attached hydrogens (primary N) is 1. The second-order valence-corrected chi connectivity index (χ2v) is 4.12. The van der Waals surface area contributed by atoms with E-state index in [0.717, 1.165) is 6.42 Å². The highest BCUT2D eigenvalue weighted by atomic mass is 16.7. The van der Waals surface area contributed by atoms with Gasteiger partial charge in [0.2, 0.25) is 0 Å². The summed E-state index contributed by atoms with van der Waals surface area (Å²) in [5.74, 6) is 0. The summed E-state index contributed by atoms with van der Waals surface area (Å²) in [6, 6.07) is 0.398. The largest absolute Gasteiger partial charge is 0.356 e. The van der Waals surface area contributed by atoms with Crippen LogP contribution in [-0.2, 0) is 9.47 Å². The van der Waals surface area contributed by atoms with E-state index < -0.39 is 0 Å². The summed E-state index contributed by atoms with van der Waals surface area (Å²) in [6.07, 6.45) is 4.68. The summed E-state index contributed by atoms with van der Waals surface area (Å²) < 4.78 is 10.4. The Bertz CT molecular complexity index is 157. The van der Waals surface area contributed by atoms with Crippen molar-refractivity contribution in [2.45, 2.75) is 38.0 Å². The van der Waals surface area contributed by atoms with E-state index in [4.69, 9.17) is 15.2 Å². The predicted molar refractivity (Wildman–Crippen MR) is 60.7 cm³/mol. The van der Waals surface area contributed by atoms with Gasteiger partial charge in [-0.05, 0) is 25.9 Å². The molecule has 1 aliphatic heterocycles. The van der Waals surface area contributed by atoms with Crippen LogP contribution in [0.25, 0.3) is 0 Å². The van der Waals surface area contributed by atoms with E-state index in [1.165, 1.54) is 32.4 Å². The van der Waals surface area contributed by atoms with Crippen LogP contribution in [0.1, 0.15) is 25.7 Å². The molecule has 0 spiro atoms. The van der Waals surface area contributed by atoms with E-state index in [0.29, 0.717) is 12.6 Å². The SMILES string of the molecule is COC(CC(CN)N1CCCCC1)OC. The van der Waals surface area contributed by atoms with Gasteiger partial charge in [0.1, 0.15) is 0 Å². The third-order valence-corrected chi connectivity index (χ3v) is 3.17. The summed E-state index contributed by atoms with van der Waals surface area (Å²) in [4.78, 5) is 2.47. The van der Waals surface area contributed by atoms with Crippen LogP contribution in [0.15, 0.2) is 0 Å². The molecule has 0 radical (unpaired) electrons. The smallest absolute Gasteiger partial charge is 0.158 e. The Morgan fingerprint density at radius 2 is 1.73 bits per heavy atom. The molecule has 0 aromatic heterocycles. The fraction of sp³-hybridized carbons (Fsp3) is 1.00. The molecular formula is C11H24N2O2. The van der Waals surface area contributed by atoms with Gasteiger partial charge < -0.3 is 15.2 Å². The van der Waals surface area contributed by atoms with Crippen molar-refractivity contribution < 1.29 is 9.47 Å². The summed E-state index contributed by atoms with van der Waals surface area (Å²) >= 11 is 0. The van der Waals surface area contributed by atoms with Crippen LogP contribution in [0.4, 0.5) is 0 Å². The second-order valence-electron chi connectivity index (χ2n) is 4.12. The molecule has 0 bridgehead atoms. The Kier molecular flexibility index (Phi) is 6.17. The maximum absolute atomic E-state index is 5.81. The molecule has 15 heavy (non-hydrogen) atoms. The van der Waals surface area contributed by atoms with Gasteiger partial charge in [-0.25, -0.2) is 0 Å². The lowest BCUT2D eigenvalue weighted by molar-refractivity contribution is -0.117. The quantitative estimate of drug-likeness (QED) is 0.667. The zero-order chi connectivity index (χ0) is 11.1. The summed E-state index contributed by atoms with van der Waals surface area (Å²) in [5, 5.41) is 0. The third kappa shape index (κ3) is 4.07. The first-order chi connectivity index (χ1) is 7.31.